The van der Waals surface area contributed by atoms with Crippen LogP contribution in [0.1, 0.15) is 10.4 Å². The van der Waals surface area contributed by atoms with Crippen molar-refractivity contribution in [1.29, 1.82) is 0 Å². The summed E-state index contributed by atoms with van der Waals surface area (Å²) in [6.07, 6.45) is 0. The number of carbonyl (C=O) groups is 1. The van der Waals surface area contributed by atoms with Crippen LogP contribution < -0.4 is 4.74 Å². The summed E-state index contributed by atoms with van der Waals surface area (Å²) in [6, 6.07) is 3.02. The van der Waals surface area contributed by atoms with Gasteiger partial charge >= 0.3 is 16.1 Å². The van der Waals surface area contributed by atoms with Crippen molar-refractivity contribution in [2.75, 3.05) is 0 Å². The van der Waals surface area contributed by atoms with Crippen LogP contribution in [0.5, 0.6) is 5.75 Å². The first kappa shape index (κ1) is 22.0. The number of rotatable bonds is 3. The SMILES string of the molecule is O=C(Oc1c(F)c(F)c(S(=O)(=O)O)c(F)c1F)c1cc(I)cc(I)c1I. The van der Waals surface area contributed by atoms with Crippen molar-refractivity contribution in [1.82, 2.24) is 0 Å². The van der Waals surface area contributed by atoms with Crippen LogP contribution >= 0.6 is 67.8 Å². The van der Waals surface area contributed by atoms with Crippen LogP contribution in [0.15, 0.2) is 17.0 Å². The number of ether oxygens (including phenoxy) is 1. The summed E-state index contributed by atoms with van der Waals surface area (Å²) in [7, 11) is -5.60. The molecule has 5 nitrogen and oxygen atoms in total. The van der Waals surface area contributed by atoms with E-state index in [4.69, 9.17) is 4.55 Å². The molecule has 2 aromatic carbocycles. The number of hydrogen-bond acceptors (Lipinski definition) is 4. The highest BCUT2D eigenvalue weighted by Gasteiger charge is 2.34. The second-order valence-electron chi connectivity index (χ2n) is 4.53. The third-order valence-corrected chi connectivity index (χ3v) is 7.39. The number of benzene rings is 2. The zero-order valence-corrected chi connectivity index (χ0v) is 19.1. The normalized spacial score (nSPS) is 11.5. The van der Waals surface area contributed by atoms with Crippen LogP contribution in [0.4, 0.5) is 17.6 Å². The van der Waals surface area contributed by atoms with E-state index in [-0.39, 0.29) is 5.56 Å². The van der Waals surface area contributed by atoms with Crippen molar-refractivity contribution in [2.24, 2.45) is 0 Å². The topological polar surface area (TPSA) is 80.7 Å². The fourth-order valence-electron chi connectivity index (χ4n) is 1.76. The lowest BCUT2D eigenvalue weighted by Crippen LogP contribution is -2.17. The van der Waals surface area contributed by atoms with E-state index in [2.05, 4.69) is 4.74 Å². The van der Waals surface area contributed by atoms with Crippen molar-refractivity contribution in [3.63, 3.8) is 0 Å². The van der Waals surface area contributed by atoms with Gasteiger partial charge in [0, 0.05) is 10.7 Å². The number of carbonyl (C=O) groups excluding carboxylic acids is 1. The van der Waals surface area contributed by atoms with E-state index in [1.54, 1.807) is 28.7 Å². The summed E-state index contributed by atoms with van der Waals surface area (Å²) in [5, 5.41) is 0. The summed E-state index contributed by atoms with van der Waals surface area (Å²) in [6.45, 7) is 0. The number of halogens is 7. The molecule has 1 N–H and O–H groups in total. The highest BCUT2D eigenvalue weighted by Crippen LogP contribution is 2.33. The molecule has 0 aliphatic heterocycles. The molecule has 0 aliphatic carbocycles. The van der Waals surface area contributed by atoms with E-state index < -0.39 is 50.0 Å². The largest absolute Gasteiger partial charge is 0.416 e. The third kappa shape index (κ3) is 4.25. The Kier molecular flexibility index (Phi) is 6.77. The Labute approximate surface area is 184 Å². The van der Waals surface area contributed by atoms with Crippen molar-refractivity contribution < 1.29 is 40.1 Å². The molecule has 0 fully saturated rings. The van der Waals surface area contributed by atoms with Crippen LogP contribution in [-0.4, -0.2) is 18.9 Å². The molecule has 0 heterocycles. The lowest BCUT2D eigenvalue weighted by atomic mass is 10.2. The average molecular weight is 728 g/mol. The van der Waals surface area contributed by atoms with Crippen molar-refractivity contribution in [2.45, 2.75) is 4.90 Å². The van der Waals surface area contributed by atoms with E-state index in [0.717, 1.165) is 0 Å². The first-order valence-electron chi connectivity index (χ1n) is 6.06. The van der Waals surface area contributed by atoms with Gasteiger partial charge in [-0.25, -0.2) is 13.6 Å². The molecule has 0 amide bonds. The van der Waals surface area contributed by atoms with Gasteiger partial charge in [0.15, 0.2) is 16.5 Å². The predicted octanol–water partition coefficient (Wildman–Crippen LogP) is 4.52. The highest BCUT2D eigenvalue weighted by atomic mass is 127. The molecular weight excluding hydrogens is 725 g/mol. The molecule has 0 bridgehead atoms. The van der Waals surface area contributed by atoms with Crippen LogP contribution in [-0.2, 0) is 10.1 Å². The third-order valence-electron chi connectivity index (χ3n) is 2.85. The summed E-state index contributed by atoms with van der Waals surface area (Å²) < 4.78 is 91.8. The van der Waals surface area contributed by atoms with Gasteiger partial charge in [-0.05, 0) is 79.9 Å². The van der Waals surface area contributed by atoms with Gasteiger partial charge in [-0.1, -0.05) is 0 Å². The van der Waals surface area contributed by atoms with Gasteiger partial charge < -0.3 is 4.74 Å². The Bertz CT molecular complexity index is 1010. The minimum absolute atomic E-state index is 0.125. The van der Waals surface area contributed by atoms with E-state index in [9.17, 15) is 30.8 Å². The van der Waals surface area contributed by atoms with Crippen LogP contribution in [0.3, 0.4) is 0 Å². The molecule has 26 heavy (non-hydrogen) atoms. The Morgan fingerprint density at radius 2 is 1.46 bits per heavy atom. The molecule has 0 aliphatic rings. The summed E-state index contributed by atoms with van der Waals surface area (Å²) in [5.41, 5.74) is -0.125. The maximum absolute atomic E-state index is 13.9. The van der Waals surface area contributed by atoms with Crippen LogP contribution in [0, 0.1) is 34.0 Å². The molecule has 140 valence electrons. The molecule has 0 unspecified atom stereocenters. The highest BCUT2D eigenvalue weighted by molar-refractivity contribution is 14.1. The fourth-order valence-corrected chi connectivity index (χ4v) is 4.77. The summed E-state index contributed by atoms with van der Waals surface area (Å²) >= 11 is 5.53. The van der Waals surface area contributed by atoms with Crippen molar-refractivity contribution in [3.05, 3.63) is 51.7 Å². The summed E-state index contributed by atoms with van der Waals surface area (Å²) in [5.74, 6) is -12.5. The van der Waals surface area contributed by atoms with Gasteiger partial charge in [0.05, 0.1) is 5.56 Å². The van der Waals surface area contributed by atoms with Gasteiger partial charge in [0.1, 0.15) is 0 Å². The lowest BCUT2D eigenvalue weighted by molar-refractivity contribution is 0.0715. The quantitative estimate of drug-likeness (QED) is 0.126. The van der Waals surface area contributed by atoms with E-state index >= 15 is 0 Å². The zero-order valence-electron chi connectivity index (χ0n) is 11.8. The molecule has 0 spiro atoms. The molecule has 13 heteroatoms. The smallest absolute Gasteiger partial charge is 0.344 e. The summed E-state index contributed by atoms with van der Waals surface area (Å²) in [4.78, 5) is 9.95. The molecule has 2 aromatic rings. The molecular formula is C13H3F4I3O5S. The maximum Gasteiger partial charge on any atom is 0.344 e. The molecule has 0 radical (unpaired) electrons. The van der Waals surface area contributed by atoms with Crippen LogP contribution in [0.25, 0.3) is 0 Å². The predicted molar refractivity (Wildman–Crippen MR) is 106 cm³/mol. The van der Waals surface area contributed by atoms with E-state index in [1.165, 1.54) is 6.07 Å². The Balaban J connectivity index is 2.60. The minimum atomic E-state index is -5.60. The van der Waals surface area contributed by atoms with E-state index in [1.807, 2.05) is 45.2 Å². The Morgan fingerprint density at radius 3 is 1.92 bits per heavy atom. The number of esters is 1. The van der Waals surface area contributed by atoms with Gasteiger partial charge in [-0.15, -0.1) is 0 Å². The van der Waals surface area contributed by atoms with Crippen LogP contribution in [0.2, 0.25) is 0 Å². The first-order chi connectivity index (χ1) is 11.9. The van der Waals surface area contributed by atoms with Gasteiger partial charge in [0.25, 0.3) is 0 Å². The first-order valence-corrected chi connectivity index (χ1v) is 10.7. The average Bonchev–Trinajstić information content (AvgIpc) is 2.51. The second kappa shape index (κ2) is 8.00. The lowest BCUT2D eigenvalue weighted by Gasteiger charge is -2.12. The van der Waals surface area contributed by atoms with E-state index in [0.29, 0.717) is 10.7 Å². The van der Waals surface area contributed by atoms with Gasteiger partial charge in [0.2, 0.25) is 17.4 Å². The van der Waals surface area contributed by atoms with Crippen molar-refractivity contribution in [3.8, 4) is 5.75 Å². The van der Waals surface area contributed by atoms with Gasteiger partial charge in [-0.3, -0.25) is 4.55 Å². The zero-order chi connectivity index (χ0) is 20.0. The Hall–Kier alpha value is -0.270. The molecule has 0 saturated carbocycles. The van der Waals surface area contributed by atoms with Crippen molar-refractivity contribution >= 4 is 83.9 Å². The molecule has 2 rings (SSSR count). The Morgan fingerprint density at radius 1 is 0.962 bits per heavy atom. The maximum atomic E-state index is 13.9. The molecule has 0 atom stereocenters. The minimum Gasteiger partial charge on any atom is -0.416 e. The monoisotopic (exact) mass is 728 g/mol. The molecule has 0 saturated heterocycles. The second-order valence-corrected chi connectivity index (χ2v) is 9.37. The number of hydrogen-bond donors (Lipinski definition) is 1. The van der Waals surface area contributed by atoms with Gasteiger partial charge in [-0.2, -0.15) is 17.2 Å². The standard InChI is InChI=1S/C13H3F4I3O5S/c14-6-8(16)12(26(22,23)24)9(17)7(15)11(6)25-13(21)4-1-3(18)2-5(19)10(4)20/h1-2H,(H,22,23,24). The fraction of sp³-hybridized carbons (Fsp3) is 0. The molecule has 0 aromatic heterocycles.